The summed E-state index contributed by atoms with van der Waals surface area (Å²) in [7, 11) is 0. The average Bonchev–Trinajstić information content (AvgIpc) is 2.60. The second-order valence-electron chi connectivity index (χ2n) is 6.45. The first-order chi connectivity index (χ1) is 11.9. The number of rotatable bonds is 3. The number of aliphatic hydroxyl groups is 1. The van der Waals surface area contributed by atoms with Gasteiger partial charge in [0.1, 0.15) is 5.76 Å². The molecule has 3 N–H and O–H groups in total. The molecule has 0 unspecified atom stereocenters. The van der Waals surface area contributed by atoms with Crippen LogP contribution in [-0.4, -0.2) is 22.3 Å². The molecule has 5 heteroatoms. The molecule has 130 valence electrons. The van der Waals surface area contributed by atoms with Crippen LogP contribution in [0.5, 0.6) is 0 Å². The molecule has 1 aliphatic heterocycles. The summed E-state index contributed by atoms with van der Waals surface area (Å²) < 4.78 is 0. The first kappa shape index (κ1) is 17.2. The minimum Gasteiger partial charge on any atom is -0.508 e. The van der Waals surface area contributed by atoms with Gasteiger partial charge in [0.05, 0.1) is 6.04 Å². The van der Waals surface area contributed by atoms with Crippen molar-refractivity contribution in [2.75, 3.05) is 4.90 Å². The molecule has 0 bridgehead atoms. The Hall–Kier alpha value is -2.63. The van der Waals surface area contributed by atoms with E-state index in [1.807, 2.05) is 49.4 Å². The monoisotopic (exact) mass is 338 g/mol. The maximum atomic E-state index is 12.0. The van der Waals surface area contributed by atoms with Crippen molar-refractivity contribution in [2.24, 2.45) is 0 Å². The van der Waals surface area contributed by atoms with Crippen molar-refractivity contribution in [1.29, 1.82) is 0 Å². The van der Waals surface area contributed by atoms with Gasteiger partial charge in [0, 0.05) is 24.2 Å². The van der Waals surface area contributed by atoms with Crippen LogP contribution in [0.2, 0.25) is 0 Å². The highest BCUT2D eigenvalue weighted by atomic mass is 16.5. The lowest BCUT2D eigenvalue weighted by molar-refractivity contribution is -0.117. The van der Waals surface area contributed by atoms with E-state index in [1.165, 1.54) is 0 Å². The third kappa shape index (κ3) is 3.16. The lowest BCUT2D eigenvalue weighted by atomic mass is 9.89. The van der Waals surface area contributed by atoms with Gasteiger partial charge >= 0.3 is 0 Å². The quantitative estimate of drug-likeness (QED) is 0.583. The lowest BCUT2D eigenvalue weighted by Crippen LogP contribution is -2.44. The molecule has 1 aliphatic rings. The van der Waals surface area contributed by atoms with Gasteiger partial charge in [0.25, 0.3) is 0 Å². The summed E-state index contributed by atoms with van der Waals surface area (Å²) in [6.45, 7) is 7.05. The molecule has 0 spiro atoms. The second kappa shape index (κ2) is 6.70. The van der Waals surface area contributed by atoms with Gasteiger partial charge in [-0.3, -0.25) is 4.79 Å². The van der Waals surface area contributed by atoms with E-state index in [1.54, 1.807) is 11.8 Å². The van der Waals surface area contributed by atoms with Gasteiger partial charge in [0.2, 0.25) is 5.91 Å². The number of nitrogens with one attached hydrogen (secondary N) is 1. The Morgan fingerprint density at radius 1 is 1.20 bits per heavy atom. The fourth-order valence-corrected chi connectivity index (χ4v) is 3.50. The molecule has 0 saturated carbocycles. The van der Waals surface area contributed by atoms with Crippen molar-refractivity contribution in [2.45, 2.75) is 32.4 Å². The number of anilines is 1. The molecule has 2 aromatic rings. The summed E-state index contributed by atoms with van der Waals surface area (Å²) in [5, 5.41) is 19.0. The number of hydroxylamine groups is 1. The molecule has 0 radical (unpaired) electrons. The number of hydrogen-bond donors (Lipinski definition) is 3. The molecule has 0 aliphatic carbocycles. The van der Waals surface area contributed by atoms with Crippen molar-refractivity contribution in [3.05, 3.63) is 60.2 Å². The minimum absolute atomic E-state index is 0.00958. The van der Waals surface area contributed by atoms with E-state index in [0.29, 0.717) is 12.0 Å². The number of fused-ring (bicyclic) bond motifs is 1. The van der Waals surface area contributed by atoms with E-state index in [4.69, 9.17) is 0 Å². The van der Waals surface area contributed by atoms with Crippen LogP contribution in [0.4, 0.5) is 5.69 Å². The highest BCUT2D eigenvalue weighted by Crippen LogP contribution is 2.39. The predicted molar refractivity (Wildman–Crippen MR) is 98.4 cm³/mol. The molecule has 0 fully saturated rings. The summed E-state index contributed by atoms with van der Waals surface area (Å²) in [5.74, 6) is 0.0244. The summed E-state index contributed by atoms with van der Waals surface area (Å²) in [4.78, 5) is 13.8. The van der Waals surface area contributed by atoms with E-state index in [9.17, 15) is 15.1 Å². The van der Waals surface area contributed by atoms with Crippen LogP contribution in [0, 0.1) is 0 Å². The summed E-state index contributed by atoms with van der Waals surface area (Å²) >= 11 is 0. The van der Waals surface area contributed by atoms with Crippen LogP contribution in [0.1, 0.15) is 37.4 Å². The van der Waals surface area contributed by atoms with Crippen molar-refractivity contribution >= 4 is 17.4 Å². The van der Waals surface area contributed by atoms with E-state index in [-0.39, 0.29) is 23.8 Å². The van der Waals surface area contributed by atoms with Crippen molar-refractivity contribution in [3.8, 4) is 11.1 Å². The zero-order valence-electron chi connectivity index (χ0n) is 14.4. The highest BCUT2D eigenvalue weighted by molar-refractivity contribution is 5.94. The van der Waals surface area contributed by atoms with Gasteiger partial charge in [-0.15, -0.1) is 0 Å². The van der Waals surface area contributed by atoms with Crippen LogP contribution in [0.15, 0.2) is 49.0 Å². The van der Waals surface area contributed by atoms with Crippen LogP contribution in [-0.2, 0) is 4.79 Å². The van der Waals surface area contributed by atoms with Gasteiger partial charge in [-0.1, -0.05) is 36.9 Å². The Kier molecular flexibility index (Phi) is 4.61. The number of nitrogens with zero attached hydrogens (tertiary/aromatic N) is 1. The Bertz CT molecular complexity index is 814. The Balaban J connectivity index is 2.05. The molecule has 5 nitrogen and oxygen atoms in total. The summed E-state index contributed by atoms with van der Waals surface area (Å²) in [6.07, 6.45) is 0.635. The first-order valence-electron chi connectivity index (χ1n) is 8.24. The van der Waals surface area contributed by atoms with Gasteiger partial charge in [-0.2, -0.15) is 5.48 Å². The second-order valence-corrected chi connectivity index (χ2v) is 6.45. The molecular weight excluding hydrogens is 316 g/mol. The summed E-state index contributed by atoms with van der Waals surface area (Å²) in [5.41, 5.74) is 6.72. The Morgan fingerprint density at radius 2 is 1.84 bits per heavy atom. The smallest absolute Gasteiger partial charge is 0.224 e. The average molecular weight is 338 g/mol. The molecule has 3 rings (SSSR count). The van der Waals surface area contributed by atoms with Crippen molar-refractivity contribution in [3.63, 3.8) is 0 Å². The number of hydrogen-bond acceptors (Lipinski definition) is 4. The molecule has 1 amide bonds. The van der Waals surface area contributed by atoms with Crippen LogP contribution in [0.25, 0.3) is 16.9 Å². The first-order valence-corrected chi connectivity index (χ1v) is 8.24. The third-order valence-electron chi connectivity index (χ3n) is 4.73. The van der Waals surface area contributed by atoms with Crippen molar-refractivity contribution in [1.82, 2.24) is 5.48 Å². The van der Waals surface area contributed by atoms with E-state index in [0.717, 1.165) is 22.4 Å². The topological polar surface area (TPSA) is 72.8 Å². The maximum Gasteiger partial charge on any atom is 0.224 e. The number of carbonyl (C=O) groups is 1. The zero-order chi connectivity index (χ0) is 18.1. The SMILES string of the molecule is C=C(O)c1ccc(-c2ccc3c(c2)[C@H](NO)C[C@H](C)N3C(C)=O)cc1. The van der Waals surface area contributed by atoms with Gasteiger partial charge in [-0.25, -0.2) is 0 Å². The standard InChI is InChI=1S/C20H22N2O3/c1-12-10-19(21-25)18-11-17(8-9-20(18)22(12)14(3)24)16-6-4-15(5-7-16)13(2)23/h4-9,11-12,19,21,23,25H,2,10H2,1,3H3/t12-,19+/m0/s1. The molecule has 2 atom stereocenters. The highest BCUT2D eigenvalue weighted by Gasteiger charge is 2.32. The minimum atomic E-state index is -0.225. The molecular formula is C20H22N2O3. The van der Waals surface area contributed by atoms with E-state index >= 15 is 0 Å². The normalized spacial score (nSPS) is 19.4. The molecule has 1 heterocycles. The van der Waals surface area contributed by atoms with Crippen LogP contribution >= 0.6 is 0 Å². The fourth-order valence-electron chi connectivity index (χ4n) is 3.50. The van der Waals surface area contributed by atoms with Crippen LogP contribution in [0.3, 0.4) is 0 Å². The molecule has 2 aromatic carbocycles. The fraction of sp³-hybridized carbons (Fsp3) is 0.250. The van der Waals surface area contributed by atoms with E-state index < -0.39 is 0 Å². The number of amides is 1. The van der Waals surface area contributed by atoms with Gasteiger partial charge < -0.3 is 15.2 Å². The number of carbonyl (C=O) groups excluding carboxylic acids is 1. The molecule has 0 aromatic heterocycles. The lowest BCUT2D eigenvalue weighted by Gasteiger charge is -2.38. The van der Waals surface area contributed by atoms with Crippen LogP contribution < -0.4 is 10.4 Å². The van der Waals surface area contributed by atoms with Gasteiger partial charge in [-0.05, 0) is 42.2 Å². The number of benzene rings is 2. The van der Waals surface area contributed by atoms with Gasteiger partial charge in [0.15, 0.2) is 0 Å². The Labute approximate surface area is 147 Å². The van der Waals surface area contributed by atoms with Crippen molar-refractivity contribution < 1.29 is 15.1 Å². The third-order valence-corrected chi connectivity index (χ3v) is 4.73. The molecule has 0 saturated heterocycles. The molecule has 25 heavy (non-hydrogen) atoms. The summed E-state index contributed by atoms with van der Waals surface area (Å²) in [6, 6.07) is 13.1. The maximum absolute atomic E-state index is 12.0. The Morgan fingerprint density at radius 3 is 2.40 bits per heavy atom. The zero-order valence-corrected chi connectivity index (χ0v) is 14.4. The number of aliphatic hydroxyl groups excluding tert-OH is 1. The van der Waals surface area contributed by atoms with E-state index in [2.05, 4.69) is 12.1 Å². The predicted octanol–water partition coefficient (Wildman–Crippen LogP) is 4.05. The largest absolute Gasteiger partial charge is 0.508 e.